The molecule has 1 saturated heterocycles. The van der Waals surface area contributed by atoms with Crippen LogP contribution >= 0.6 is 0 Å². The number of likely N-dealkylation sites (tertiary alicyclic amines) is 1. The number of halogens is 2. The van der Waals surface area contributed by atoms with Crippen molar-refractivity contribution in [3.05, 3.63) is 0 Å². The molecule has 0 bridgehead atoms. The second-order valence-corrected chi connectivity index (χ2v) is 3.48. The summed E-state index contributed by atoms with van der Waals surface area (Å²) >= 11 is 0. The average Bonchev–Trinajstić information content (AvgIpc) is 2.12. The summed E-state index contributed by atoms with van der Waals surface area (Å²) in [7, 11) is 1.83. The minimum Gasteiger partial charge on any atom is -0.396 e. The molecular weight excluding hydrogens is 164 g/mol. The lowest BCUT2D eigenvalue weighted by Gasteiger charge is -2.21. The normalized spacial score (nSPS) is 31.5. The number of alkyl halides is 2. The van der Waals surface area contributed by atoms with Crippen LogP contribution in [0.4, 0.5) is 8.78 Å². The molecule has 4 heteroatoms. The Balaban J connectivity index is 2.60. The molecule has 0 spiro atoms. The van der Waals surface area contributed by atoms with Gasteiger partial charge in [-0.2, -0.15) is 0 Å². The first-order valence-electron chi connectivity index (χ1n) is 4.23. The first-order chi connectivity index (χ1) is 5.56. The third-order valence-corrected chi connectivity index (χ3v) is 2.50. The molecule has 2 nitrogen and oxygen atoms in total. The van der Waals surface area contributed by atoms with Crippen LogP contribution in [0.2, 0.25) is 0 Å². The molecule has 1 atom stereocenters. The van der Waals surface area contributed by atoms with Crippen LogP contribution < -0.4 is 0 Å². The predicted molar refractivity (Wildman–Crippen MR) is 42.3 cm³/mol. The van der Waals surface area contributed by atoms with Crippen LogP contribution in [-0.2, 0) is 0 Å². The molecule has 0 radical (unpaired) electrons. The zero-order valence-corrected chi connectivity index (χ0v) is 7.26. The number of aliphatic hydroxyl groups excluding tert-OH is 1. The van der Waals surface area contributed by atoms with E-state index in [-0.39, 0.29) is 6.42 Å². The van der Waals surface area contributed by atoms with Crippen molar-refractivity contribution in [1.29, 1.82) is 0 Å². The summed E-state index contributed by atoms with van der Waals surface area (Å²) < 4.78 is 26.2. The Bertz CT molecular complexity index is 152. The maximum absolute atomic E-state index is 13.1. The molecular formula is C8H15F2NO. The smallest absolute Gasteiger partial charge is 0.254 e. The minimum absolute atomic E-state index is 0.130. The van der Waals surface area contributed by atoms with E-state index < -0.39 is 18.4 Å². The highest BCUT2D eigenvalue weighted by Gasteiger charge is 2.40. The van der Waals surface area contributed by atoms with Gasteiger partial charge >= 0.3 is 0 Å². The van der Waals surface area contributed by atoms with Crippen molar-refractivity contribution in [2.45, 2.75) is 18.8 Å². The molecule has 1 unspecified atom stereocenters. The van der Waals surface area contributed by atoms with E-state index >= 15 is 0 Å². The van der Waals surface area contributed by atoms with Crippen LogP contribution in [-0.4, -0.2) is 42.7 Å². The first kappa shape index (κ1) is 9.86. The largest absolute Gasteiger partial charge is 0.396 e. The van der Waals surface area contributed by atoms with Crippen molar-refractivity contribution < 1.29 is 13.9 Å². The van der Waals surface area contributed by atoms with Crippen LogP contribution in [0.3, 0.4) is 0 Å². The van der Waals surface area contributed by atoms with Crippen molar-refractivity contribution in [3.63, 3.8) is 0 Å². The van der Waals surface area contributed by atoms with Crippen molar-refractivity contribution in [3.8, 4) is 0 Å². The summed E-state index contributed by atoms with van der Waals surface area (Å²) in [4.78, 5) is 1.88. The van der Waals surface area contributed by atoms with E-state index in [0.29, 0.717) is 19.5 Å². The van der Waals surface area contributed by atoms with E-state index in [1.54, 1.807) is 0 Å². The first-order valence-corrected chi connectivity index (χ1v) is 4.23. The Morgan fingerprint density at radius 3 is 2.75 bits per heavy atom. The maximum Gasteiger partial charge on any atom is 0.254 e. The minimum atomic E-state index is -2.68. The molecule has 0 aromatic rings. The zero-order valence-electron chi connectivity index (χ0n) is 7.26. The number of nitrogens with zero attached hydrogens (tertiary/aromatic N) is 1. The Labute approximate surface area is 71.2 Å². The van der Waals surface area contributed by atoms with Gasteiger partial charge in [-0.1, -0.05) is 0 Å². The van der Waals surface area contributed by atoms with E-state index in [4.69, 9.17) is 5.11 Å². The molecule has 1 heterocycles. The highest BCUT2D eigenvalue weighted by Crippen LogP contribution is 2.32. The lowest BCUT2D eigenvalue weighted by atomic mass is 9.97. The highest BCUT2D eigenvalue weighted by molar-refractivity contribution is 4.81. The van der Waals surface area contributed by atoms with Gasteiger partial charge in [-0.05, 0) is 20.0 Å². The van der Waals surface area contributed by atoms with Crippen LogP contribution in [0.15, 0.2) is 0 Å². The lowest BCUT2D eigenvalue weighted by Crippen LogP contribution is -2.30. The molecule has 0 aromatic carbocycles. The van der Waals surface area contributed by atoms with Gasteiger partial charge in [0.1, 0.15) is 0 Å². The van der Waals surface area contributed by atoms with Gasteiger partial charge in [0.2, 0.25) is 0 Å². The average molecular weight is 179 g/mol. The molecule has 12 heavy (non-hydrogen) atoms. The summed E-state index contributed by atoms with van der Waals surface area (Å²) in [5, 5.41) is 8.74. The molecule has 1 N–H and O–H groups in total. The maximum atomic E-state index is 13.1. The van der Waals surface area contributed by atoms with Gasteiger partial charge in [0.05, 0.1) is 6.61 Å². The Morgan fingerprint density at radius 2 is 2.17 bits per heavy atom. The molecule has 0 saturated carbocycles. The number of aliphatic hydroxyl groups is 1. The van der Waals surface area contributed by atoms with E-state index in [1.165, 1.54) is 0 Å². The van der Waals surface area contributed by atoms with Gasteiger partial charge in [-0.15, -0.1) is 0 Å². The summed E-state index contributed by atoms with van der Waals surface area (Å²) in [5.74, 6) is -3.53. The van der Waals surface area contributed by atoms with Crippen molar-refractivity contribution >= 4 is 0 Å². The summed E-state index contributed by atoms with van der Waals surface area (Å²) in [6, 6.07) is 0. The fourth-order valence-electron chi connectivity index (χ4n) is 1.47. The lowest BCUT2D eigenvalue weighted by molar-refractivity contribution is -0.0777. The fourth-order valence-corrected chi connectivity index (χ4v) is 1.47. The molecule has 1 aliphatic heterocycles. The van der Waals surface area contributed by atoms with Gasteiger partial charge in [0.15, 0.2) is 0 Å². The standard InChI is InChI=1S/C8H15F2NO/c1-11-4-2-7(6-12)8(9,10)3-5-11/h7,12H,2-6H2,1H3. The van der Waals surface area contributed by atoms with E-state index in [1.807, 2.05) is 11.9 Å². The Hall–Kier alpha value is -0.220. The quantitative estimate of drug-likeness (QED) is 0.648. The van der Waals surface area contributed by atoms with E-state index in [2.05, 4.69) is 0 Å². The van der Waals surface area contributed by atoms with Crippen LogP contribution in [0.25, 0.3) is 0 Å². The Kier molecular flexibility index (Phi) is 3.01. The van der Waals surface area contributed by atoms with Crippen LogP contribution in [0.1, 0.15) is 12.8 Å². The van der Waals surface area contributed by atoms with Crippen molar-refractivity contribution in [1.82, 2.24) is 4.90 Å². The summed E-state index contributed by atoms with van der Waals surface area (Å²) in [5.41, 5.74) is 0. The number of hydrogen-bond acceptors (Lipinski definition) is 2. The van der Waals surface area contributed by atoms with Gasteiger partial charge in [-0.25, -0.2) is 8.78 Å². The highest BCUT2D eigenvalue weighted by atomic mass is 19.3. The number of rotatable bonds is 1. The SMILES string of the molecule is CN1CCC(CO)C(F)(F)CC1. The summed E-state index contributed by atoms with van der Waals surface area (Å²) in [6.45, 7) is 0.672. The van der Waals surface area contributed by atoms with Crippen molar-refractivity contribution in [2.75, 3.05) is 26.7 Å². The molecule has 0 amide bonds. The van der Waals surface area contributed by atoms with Crippen molar-refractivity contribution in [2.24, 2.45) is 5.92 Å². The third kappa shape index (κ3) is 2.14. The zero-order chi connectivity index (χ0) is 9.19. The fraction of sp³-hybridized carbons (Fsp3) is 1.00. The predicted octanol–water partition coefficient (Wildman–Crippen LogP) is 0.956. The Morgan fingerprint density at radius 1 is 1.50 bits per heavy atom. The monoisotopic (exact) mass is 179 g/mol. The second kappa shape index (κ2) is 3.66. The molecule has 1 fully saturated rings. The van der Waals surface area contributed by atoms with Gasteiger partial charge in [-0.3, -0.25) is 0 Å². The van der Waals surface area contributed by atoms with Crippen LogP contribution in [0, 0.1) is 5.92 Å². The van der Waals surface area contributed by atoms with E-state index in [9.17, 15) is 8.78 Å². The number of hydrogen-bond donors (Lipinski definition) is 1. The van der Waals surface area contributed by atoms with Gasteiger partial charge < -0.3 is 10.0 Å². The van der Waals surface area contributed by atoms with Gasteiger partial charge in [0, 0.05) is 18.9 Å². The van der Waals surface area contributed by atoms with E-state index in [0.717, 1.165) is 0 Å². The molecule has 1 aliphatic rings. The summed E-state index contributed by atoms with van der Waals surface area (Å²) in [6.07, 6.45) is 0.259. The topological polar surface area (TPSA) is 23.5 Å². The van der Waals surface area contributed by atoms with Crippen LogP contribution in [0.5, 0.6) is 0 Å². The molecule has 0 aliphatic carbocycles. The molecule has 0 aromatic heterocycles. The second-order valence-electron chi connectivity index (χ2n) is 3.48. The third-order valence-electron chi connectivity index (χ3n) is 2.50. The molecule has 72 valence electrons. The van der Waals surface area contributed by atoms with Gasteiger partial charge in [0.25, 0.3) is 5.92 Å². The molecule has 1 rings (SSSR count).